The maximum atomic E-state index is 3.68. The van der Waals surface area contributed by atoms with Gasteiger partial charge in [-0.25, -0.2) is 0 Å². The first kappa shape index (κ1) is 13.0. The van der Waals surface area contributed by atoms with Crippen molar-refractivity contribution in [3.8, 4) is 0 Å². The molecule has 1 heterocycles. The number of hydrogen-bond donors (Lipinski definition) is 1. The summed E-state index contributed by atoms with van der Waals surface area (Å²) in [5.74, 6) is 0. The molecule has 3 atom stereocenters. The van der Waals surface area contributed by atoms with E-state index in [0.29, 0.717) is 17.6 Å². The molecular weight excluding hydrogens is 184 g/mol. The van der Waals surface area contributed by atoms with Gasteiger partial charge in [0.25, 0.3) is 0 Å². The first-order valence-corrected chi connectivity index (χ1v) is 6.57. The summed E-state index contributed by atoms with van der Waals surface area (Å²) >= 11 is 0. The molecule has 0 aromatic heterocycles. The zero-order chi connectivity index (χ0) is 11.5. The van der Waals surface area contributed by atoms with Gasteiger partial charge in [0.15, 0.2) is 0 Å². The summed E-state index contributed by atoms with van der Waals surface area (Å²) in [6.07, 6.45) is 3.74. The fourth-order valence-electron chi connectivity index (χ4n) is 2.52. The number of rotatable bonds is 4. The Morgan fingerprint density at radius 2 is 2.07 bits per heavy atom. The van der Waals surface area contributed by atoms with Crippen LogP contribution in [0.1, 0.15) is 53.9 Å². The molecule has 90 valence electrons. The van der Waals surface area contributed by atoms with Crippen molar-refractivity contribution >= 4 is 0 Å². The van der Waals surface area contributed by atoms with E-state index in [1.54, 1.807) is 0 Å². The van der Waals surface area contributed by atoms with E-state index < -0.39 is 0 Å². The fourth-order valence-corrected chi connectivity index (χ4v) is 2.52. The monoisotopic (exact) mass is 212 g/mol. The van der Waals surface area contributed by atoms with E-state index >= 15 is 0 Å². The maximum absolute atomic E-state index is 3.68. The SMILES string of the molecule is CCC1CN(C(C)CC)C(C)(CC)CN1. The Bertz CT molecular complexity index is 193. The molecular formula is C13H28N2. The Hall–Kier alpha value is -0.0800. The van der Waals surface area contributed by atoms with E-state index in [2.05, 4.69) is 44.8 Å². The summed E-state index contributed by atoms with van der Waals surface area (Å²) in [6, 6.07) is 1.41. The van der Waals surface area contributed by atoms with E-state index in [1.165, 1.54) is 25.8 Å². The Labute approximate surface area is 95.4 Å². The molecule has 0 aromatic rings. The van der Waals surface area contributed by atoms with Gasteiger partial charge in [0.2, 0.25) is 0 Å². The molecule has 1 fully saturated rings. The van der Waals surface area contributed by atoms with Crippen LogP contribution in [0.3, 0.4) is 0 Å². The van der Waals surface area contributed by atoms with Crippen molar-refractivity contribution in [2.45, 2.75) is 71.5 Å². The van der Waals surface area contributed by atoms with Crippen molar-refractivity contribution in [3.05, 3.63) is 0 Å². The van der Waals surface area contributed by atoms with Gasteiger partial charge in [-0.15, -0.1) is 0 Å². The van der Waals surface area contributed by atoms with Gasteiger partial charge < -0.3 is 5.32 Å². The molecule has 0 bridgehead atoms. The van der Waals surface area contributed by atoms with Gasteiger partial charge in [0.1, 0.15) is 0 Å². The van der Waals surface area contributed by atoms with Crippen LogP contribution in [0.25, 0.3) is 0 Å². The lowest BCUT2D eigenvalue weighted by molar-refractivity contribution is 0.0142. The summed E-state index contributed by atoms with van der Waals surface area (Å²) in [4.78, 5) is 2.72. The van der Waals surface area contributed by atoms with Crippen LogP contribution >= 0.6 is 0 Å². The van der Waals surface area contributed by atoms with Gasteiger partial charge in [-0.3, -0.25) is 4.90 Å². The third kappa shape index (κ3) is 2.73. The summed E-state index contributed by atoms with van der Waals surface area (Å²) in [5.41, 5.74) is 0.362. The molecule has 2 heteroatoms. The Balaban J connectivity index is 2.73. The van der Waals surface area contributed by atoms with Crippen molar-refractivity contribution < 1.29 is 0 Å². The van der Waals surface area contributed by atoms with Gasteiger partial charge in [-0.2, -0.15) is 0 Å². The number of nitrogens with zero attached hydrogens (tertiary/aromatic N) is 1. The molecule has 0 aliphatic carbocycles. The molecule has 1 aliphatic heterocycles. The summed E-state index contributed by atoms with van der Waals surface area (Å²) in [7, 11) is 0. The van der Waals surface area contributed by atoms with Crippen LogP contribution in [0.4, 0.5) is 0 Å². The topological polar surface area (TPSA) is 15.3 Å². The molecule has 2 nitrogen and oxygen atoms in total. The highest BCUT2D eigenvalue weighted by atomic mass is 15.3. The second kappa shape index (κ2) is 5.31. The van der Waals surface area contributed by atoms with Gasteiger partial charge in [-0.1, -0.05) is 20.8 Å². The van der Waals surface area contributed by atoms with Crippen molar-refractivity contribution in [2.24, 2.45) is 0 Å². The summed E-state index contributed by atoms with van der Waals surface area (Å²) in [5, 5.41) is 3.68. The molecule has 1 aliphatic rings. The molecule has 0 saturated carbocycles. The molecule has 15 heavy (non-hydrogen) atoms. The van der Waals surface area contributed by atoms with Crippen LogP contribution in [0.2, 0.25) is 0 Å². The Morgan fingerprint density at radius 3 is 2.53 bits per heavy atom. The maximum Gasteiger partial charge on any atom is 0.0306 e. The number of hydrogen-bond acceptors (Lipinski definition) is 2. The number of nitrogens with one attached hydrogen (secondary N) is 1. The predicted octanol–water partition coefficient (Wildman–Crippen LogP) is 2.64. The predicted molar refractivity (Wildman–Crippen MR) is 67.2 cm³/mol. The average molecular weight is 212 g/mol. The quantitative estimate of drug-likeness (QED) is 0.770. The van der Waals surface area contributed by atoms with Crippen LogP contribution in [-0.2, 0) is 0 Å². The van der Waals surface area contributed by atoms with Crippen molar-refractivity contribution in [2.75, 3.05) is 13.1 Å². The molecule has 0 radical (unpaired) electrons. The lowest BCUT2D eigenvalue weighted by Gasteiger charge is -2.50. The smallest absolute Gasteiger partial charge is 0.0306 e. The van der Waals surface area contributed by atoms with Gasteiger partial charge in [0.05, 0.1) is 0 Å². The zero-order valence-corrected chi connectivity index (χ0v) is 11.1. The lowest BCUT2D eigenvalue weighted by Crippen LogP contribution is -2.65. The third-order valence-corrected chi connectivity index (χ3v) is 4.26. The van der Waals surface area contributed by atoms with E-state index in [-0.39, 0.29) is 0 Å². The minimum absolute atomic E-state index is 0.362. The second-order valence-corrected chi connectivity index (χ2v) is 5.25. The Morgan fingerprint density at radius 1 is 1.40 bits per heavy atom. The normalized spacial score (nSPS) is 35.4. The molecule has 3 unspecified atom stereocenters. The molecule has 1 N–H and O–H groups in total. The van der Waals surface area contributed by atoms with Crippen molar-refractivity contribution in [1.82, 2.24) is 10.2 Å². The zero-order valence-electron chi connectivity index (χ0n) is 11.1. The summed E-state index contributed by atoms with van der Waals surface area (Å²) in [6.45, 7) is 14.0. The largest absolute Gasteiger partial charge is 0.311 e. The van der Waals surface area contributed by atoms with Crippen LogP contribution in [0, 0.1) is 0 Å². The van der Waals surface area contributed by atoms with Gasteiger partial charge in [-0.05, 0) is 33.1 Å². The van der Waals surface area contributed by atoms with E-state index in [9.17, 15) is 0 Å². The molecule has 1 saturated heterocycles. The highest BCUT2D eigenvalue weighted by Crippen LogP contribution is 2.26. The molecule has 0 spiro atoms. The first-order valence-electron chi connectivity index (χ1n) is 6.57. The molecule has 0 aromatic carbocycles. The standard InChI is InChI=1S/C13H28N2/c1-6-11(4)15-9-12(7-2)14-10-13(15,5)8-3/h11-12,14H,6-10H2,1-5H3. The van der Waals surface area contributed by atoms with Crippen LogP contribution in [0.5, 0.6) is 0 Å². The highest BCUT2D eigenvalue weighted by molar-refractivity contribution is 4.96. The third-order valence-electron chi connectivity index (χ3n) is 4.26. The summed E-state index contributed by atoms with van der Waals surface area (Å²) < 4.78 is 0. The van der Waals surface area contributed by atoms with Gasteiger partial charge >= 0.3 is 0 Å². The van der Waals surface area contributed by atoms with Crippen LogP contribution in [0.15, 0.2) is 0 Å². The minimum Gasteiger partial charge on any atom is -0.311 e. The minimum atomic E-state index is 0.362. The molecule has 0 amide bonds. The molecule has 1 rings (SSSR count). The second-order valence-electron chi connectivity index (χ2n) is 5.25. The average Bonchev–Trinajstić information content (AvgIpc) is 2.28. The van der Waals surface area contributed by atoms with Crippen molar-refractivity contribution in [1.29, 1.82) is 0 Å². The van der Waals surface area contributed by atoms with E-state index in [1.807, 2.05) is 0 Å². The fraction of sp³-hybridized carbons (Fsp3) is 1.00. The first-order chi connectivity index (χ1) is 7.07. The van der Waals surface area contributed by atoms with Gasteiger partial charge in [0, 0.05) is 30.7 Å². The lowest BCUT2D eigenvalue weighted by atomic mass is 9.89. The van der Waals surface area contributed by atoms with E-state index in [4.69, 9.17) is 0 Å². The highest BCUT2D eigenvalue weighted by Gasteiger charge is 2.37. The van der Waals surface area contributed by atoms with Crippen LogP contribution in [-0.4, -0.2) is 35.6 Å². The Kier molecular flexibility index (Phi) is 4.60. The van der Waals surface area contributed by atoms with E-state index in [0.717, 1.165) is 6.54 Å². The number of piperazine rings is 1. The van der Waals surface area contributed by atoms with Crippen molar-refractivity contribution in [3.63, 3.8) is 0 Å². The van der Waals surface area contributed by atoms with Crippen LogP contribution < -0.4 is 5.32 Å².